The summed E-state index contributed by atoms with van der Waals surface area (Å²) in [5, 5.41) is 11.4. The lowest BCUT2D eigenvalue weighted by Gasteiger charge is -2.14. The fourth-order valence-corrected chi connectivity index (χ4v) is 2.35. The van der Waals surface area contributed by atoms with Crippen LogP contribution in [0.15, 0.2) is 48.5 Å². The minimum atomic E-state index is -0.843. The van der Waals surface area contributed by atoms with Crippen molar-refractivity contribution in [2.24, 2.45) is 0 Å². The monoisotopic (exact) mass is 387 g/mol. The third-order valence-electron chi connectivity index (χ3n) is 3.93. The van der Waals surface area contributed by atoms with Crippen molar-refractivity contribution in [2.45, 2.75) is 32.5 Å². The zero-order valence-corrected chi connectivity index (χ0v) is 16.0. The van der Waals surface area contributed by atoms with Crippen molar-refractivity contribution in [1.82, 2.24) is 0 Å². The number of rotatable bonds is 11. The first-order valence-electron chi connectivity index (χ1n) is 8.98. The molecule has 0 spiro atoms. The van der Waals surface area contributed by atoms with Crippen LogP contribution in [0.5, 0.6) is 11.5 Å². The molecule has 0 bridgehead atoms. The molecular weight excluding hydrogens is 362 g/mol. The Bertz CT molecular complexity index is 775. The van der Waals surface area contributed by atoms with Crippen molar-refractivity contribution >= 4 is 17.6 Å². The molecule has 0 heterocycles. The second-order valence-electron chi connectivity index (χ2n) is 6.16. The van der Waals surface area contributed by atoms with Gasteiger partial charge in [-0.25, -0.2) is 0 Å². The molecule has 0 fully saturated rings. The Morgan fingerprint density at radius 3 is 2.54 bits per heavy atom. The molecule has 2 N–H and O–H groups in total. The number of nitrogens with one attached hydrogen (secondary N) is 1. The van der Waals surface area contributed by atoms with Crippen LogP contribution in [0.25, 0.3) is 0 Å². The average molecular weight is 387 g/mol. The number of carbonyl (C=O) groups excluding carboxylic acids is 1. The molecule has 0 aliphatic rings. The normalized spacial score (nSPS) is 11.5. The third-order valence-corrected chi connectivity index (χ3v) is 3.93. The van der Waals surface area contributed by atoms with E-state index in [1.807, 2.05) is 24.3 Å². The molecule has 150 valence electrons. The lowest BCUT2D eigenvalue weighted by atomic mass is 10.2. The number of carboxylic acid groups (broad SMARTS) is 1. The zero-order valence-electron chi connectivity index (χ0n) is 16.0. The van der Waals surface area contributed by atoms with Crippen LogP contribution < -0.4 is 14.8 Å². The minimum absolute atomic E-state index is 0.0712. The molecule has 0 aromatic heterocycles. The van der Waals surface area contributed by atoms with Gasteiger partial charge in [-0.05, 0) is 55.3 Å². The van der Waals surface area contributed by atoms with Crippen molar-refractivity contribution in [3.05, 3.63) is 54.1 Å². The number of benzene rings is 2. The second kappa shape index (κ2) is 10.9. The number of ether oxygens (including phenoxy) is 3. The first-order chi connectivity index (χ1) is 13.5. The van der Waals surface area contributed by atoms with Crippen molar-refractivity contribution in [3.63, 3.8) is 0 Å². The summed E-state index contributed by atoms with van der Waals surface area (Å²) >= 11 is 0. The Kier molecular flexibility index (Phi) is 8.30. The highest BCUT2D eigenvalue weighted by Gasteiger charge is 2.14. The summed E-state index contributed by atoms with van der Waals surface area (Å²) in [6, 6.07) is 14.4. The van der Waals surface area contributed by atoms with Gasteiger partial charge in [0.25, 0.3) is 5.91 Å². The summed E-state index contributed by atoms with van der Waals surface area (Å²) in [5.41, 5.74) is 1.54. The SMILES string of the molecule is COc1cccc(COC(C)C(=O)Nc2ccc(OCCCC(=O)O)cc2)c1. The van der Waals surface area contributed by atoms with Gasteiger partial charge in [-0.1, -0.05) is 12.1 Å². The van der Waals surface area contributed by atoms with E-state index in [0.29, 0.717) is 31.1 Å². The molecule has 0 radical (unpaired) electrons. The molecule has 1 atom stereocenters. The molecule has 2 aromatic rings. The van der Waals surface area contributed by atoms with Gasteiger partial charge in [-0.3, -0.25) is 9.59 Å². The molecule has 0 saturated heterocycles. The lowest BCUT2D eigenvalue weighted by molar-refractivity contribution is -0.137. The van der Waals surface area contributed by atoms with Gasteiger partial charge in [-0.15, -0.1) is 0 Å². The third kappa shape index (κ3) is 7.28. The maximum atomic E-state index is 12.3. The van der Waals surface area contributed by atoms with E-state index in [0.717, 1.165) is 11.3 Å². The van der Waals surface area contributed by atoms with Crippen LogP contribution in [0, 0.1) is 0 Å². The number of anilines is 1. The van der Waals surface area contributed by atoms with Crippen LogP contribution in [-0.2, 0) is 20.9 Å². The minimum Gasteiger partial charge on any atom is -0.497 e. The Labute approximate surface area is 164 Å². The van der Waals surface area contributed by atoms with Gasteiger partial charge in [0.1, 0.15) is 17.6 Å². The Morgan fingerprint density at radius 1 is 1.11 bits per heavy atom. The van der Waals surface area contributed by atoms with Gasteiger partial charge in [0.15, 0.2) is 0 Å². The summed E-state index contributed by atoms with van der Waals surface area (Å²) in [6.07, 6.45) is -0.115. The predicted octanol–water partition coefficient (Wildman–Crippen LogP) is 3.48. The maximum absolute atomic E-state index is 12.3. The standard InChI is InChI=1S/C21H25NO6/c1-15(28-14-16-5-3-6-19(13-16)26-2)21(25)22-17-8-10-18(11-9-17)27-12-4-7-20(23)24/h3,5-6,8-11,13,15H,4,7,12,14H2,1-2H3,(H,22,25)(H,23,24). The first-order valence-corrected chi connectivity index (χ1v) is 8.98. The van der Waals surface area contributed by atoms with E-state index in [1.165, 1.54) is 0 Å². The number of hydrogen-bond donors (Lipinski definition) is 2. The molecule has 0 saturated carbocycles. The Balaban J connectivity index is 1.77. The van der Waals surface area contributed by atoms with E-state index < -0.39 is 12.1 Å². The van der Waals surface area contributed by atoms with E-state index in [4.69, 9.17) is 19.3 Å². The van der Waals surface area contributed by atoms with Crippen LogP contribution in [-0.4, -0.2) is 36.8 Å². The molecule has 0 aliphatic heterocycles. The quantitative estimate of drug-likeness (QED) is 0.573. The molecule has 7 heteroatoms. The molecule has 28 heavy (non-hydrogen) atoms. The summed E-state index contributed by atoms with van der Waals surface area (Å²) < 4.78 is 16.3. The topological polar surface area (TPSA) is 94.1 Å². The number of carbonyl (C=O) groups is 2. The number of carboxylic acids is 1. The molecule has 0 aliphatic carbocycles. The highest BCUT2D eigenvalue weighted by Crippen LogP contribution is 2.17. The van der Waals surface area contributed by atoms with Crippen molar-refractivity contribution < 1.29 is 28.9 Å². The lowest BCUT2D eigenvalue weighted by Crippen LogP contribution is -2.27. The Morgan fingerprint density at radius 2 is 1.86 bits per heavy atom. The molecular formula is C21H25NO6. The van der Waals surface area contributed by atoms with Gasteiger partial charge in [-0.2, -0.15) is 0 Å². The van der Waals surface area contributed by atoms with Gasteiger partial charge < -0.3 is 24.6 Å². The number of hydrogen-bond acceptors (Lipinski definition) is 5. The smallest absolute Gasteiger partial charge is 0.303 e. The first kappa shape index (κ1) is 21.2. The van der Waals surface area contributed by atoms with Crippen LogP contribution in [0.1, 0.15) is 25.3 Å². The van der Waals surface area contributed by atoms with E-state index in [-0.39, 0.29) is 12.3 Å². The van der Waals surface area contributed by atoms with Crippen LogP contribution in [0.2, 0.25) is 0 Å². The van der Waals surface area contributed by atoms with Crippen LogP contribution in [0.3, 0.4) is 0 Å². The molecule has 2 aromatic carbocycles. The van der Waals surface area contributed by atoms with Gasteiger partial charge in [0.2, 0.25) is 0 Å². The fraction of sp³-hybridized carbons (Fsp3) is 0.333. The molecule has 1 amide bonds. The fourth-order valence-electron chi connectivity index (χ4n) is 2.35. The van der Waals surface area contributed by atoms with E-state index in [1.54, 1.807) is 38.3 Å². The van der Waals surface area contributed by atoms with Crippen molar-refractivity contribution in [2.75, 3.05) is 19.0 Å². The van der Waals surface area contributed by atoms with E-state index >= 15 is 0 Å². The summed E-state index contributed by atoms with van der Waals surface area (Å²) in [6.45, 7) is 2.32. The number of amides is 1. The highest BCUT2D eigenvalue weighted by molar-refractivity contribution is 5.93. The average Bonchev–Trinajstić information content (AvgIpc) is 2.70. The molecule has 2 rings (SSSR count). The van der Waals surface area contributed by atoms with Crippen molar-refractivity contribution in [3.8, 4) is 11.5 Å². The Hall–Kier alpha value is -3.06. The molecule has 1 unspecified atom stereocenters. The highest BCUT2D eigenvalue weighted by atomic mass is 16.5. The summed E-state index contributed by atoms with van der Waals surface area (Å²) in [7, 11) is 1.60. The van der Waals surface area contributed by atoms with Crippen LogP contribution in [0.4, 0.5) is 5.69 Å². The second-order valence-corrected chi connectivity index (χ2v) is 6.16. The van der Waals surface area contributed by atoms with Gasteiger partial charge in [0, 0.05) is 12.1 Å². The summed E-state index contributed by atoms with van der Waals surface area (Å²) in [5.74, 6) is 0.261. The maximum Gasteiger partial charge on any atom is 0.303 e. The number of methoxy groups -OCH3 is 1. The largest absolute Gasteiger partial charge is 0.497 e. The summed E-state index contributed by atoms with van der Waals surface area (Å²) in [4.78, 5) is 22.7. The van der Waals surface area contributed by atoms with E-state index in [9.17, 15) is 9.59 Å². The van der Waals surface area contributed by atoms with Gasteiger partial charge in [0.05, 0.1) is 20.3 Å². The van der Waals surface area contributed by atoms with Gasteiger partial charge >= 0.3 is 5.97 Å². The zero-order chi connectivity index (χ0) is 20.4. The number of aliphatic carboxylic acids is 1. The predicted molar refractivity (Wildman–Crippen MR) is 105 cm³/mol. The van der Waals surface area contributed by atoms with Crippen molar-refractivity contribution in [1.29, 1.82) is 0 Å². The van der Waals surface area contributed by atoms with Crippen LogP contribution >= 0.6 is 0 Å². The van der Waals surface area contributed by atoms with E-state index in [2.05, 4.69) is 5.32 Å². The molecule has 7 nitrogen and oxygen atoms in total.